The van der Waals surface area contributed by atoms with Crippen LogP contribution in [0.1, 0.15) is 49.0 Å². The third-order valence-electron chi connectivity index (χ3n) is 7.66. The van der Waals surface area contributed by atoms with Gasteiger partial charge in [-0.1, -0.05) is 44.2 Å². The van der Waals surface area contributed by atoms with Crippen molar-refractivity contribution >= 4 is 5.91 Å². The number of benzene rings is 2. The lowest BCUT2D eigenvalue weighted by molar-refractivity contribution is -0.0606. The van der Waals surface area contributed by atoms with Gasteiger partial charge >= 0.3 is 0 Å². The molecule has 33 heavy (non-hydrogen) atoms. The molecule has 2 aromatic carbocycles. The van der Waals surface area contributed by atoms with Crippen molar-refractivity contribution in [2.45, 2.75) is 50.7 Å². The van der Waals surface area contributed by atoms with E-state index < -0.39 is 6.10 Å². The van der Waals surface area contributed by atoms with Gasteiger partial charge in [0, 0.05) is 36.0 Å². The average molecular weight is 451 g/mol. The maximum Gasteiger partial charge on any atom is 0.254 e. The number of rotatable bonds is 6. The van der Waals surface area contributed by atoms with Crippen molar-refractivity contribution in [2.75, 3.05) is 33.8 Å². The van der Waals surface area contributed by atoms with E-state index in [-0.39, 0.29) is 23.3 Å². The molecule has 0 spiro atoms. The maximum atomic E-state index is 13.7. The molecule has 5 heteroatoms. The van der Waals surface area contributed by atoms with Crippen molar-refractivity contribution in [1.82, 2.24) is 9.80 Å². The van der Waals surface area contributed by atoms with Gasteiger partial charge in [0.15, 0.2) is 0 Å². The molecule has 4 atom stereocenters. The highest BCUT2D eigenvalue weighted by Crippen LogP contribution is 2.50. The maximum absolute atomic E-state index is 13.7. The molecule has 2 fully saturated rings. The van der Waals surface area contributed by atoms with E-state index in [0.717, 1.165) is 31.7 Å². The molecule has 1 aliphatic carbocycles. The zero-order valence-corrected chi connectivity index (χ0v) is 20.4. The van der Waals surface area contributed by atoms with Crippen LogP contribution in [0.5, 0.6) is 5.75 Å². The second-order valence-electron chi connectivity index (χ2n) is 10.4. The quantitative estimate of drug-likeness (QED) is 0.717. The van der Waals surface area contributed by atoms with Crippen LogP contribution in [0.2, 0.25) is 0 Å². The molecule has 0 aromatic heterocycles. The highest BCUT2D eigenvalue weighted by Gasteiger charge is 2.53. The fourth-order valence-corrected chi connectivity index (χ4v) is 6.05. The van der Waals surface area contributed by atoms with E-state index in [1.165, 1.54) is 5.56 Å². The Labute approximate surface area is 198 Å². The minimum atomic E-state index is -0.462. The Kier molecular flexibility index (Phi) is 7.10. The first kappa shape index (κ1) is 23.8. The number of hydrogen-bond donors (Lipinski definition) is 1. The van der Waals surface area contributed by atoms with Crippen LogP contribution in [0.4, 0.5) is 0 Å². The van der Waals surface area contributed by atoms with E-state index in [1.54, 1.807) is 7.11 Å². The van der Waals surface area contributed by atoms with E-state index in [0.29, 0.717) is 24.4 Å². The summed E-state index contributed by atoms with van der Waals surface area (Å²) in [7, 11) is 3.84. The number of hydrogen-bond acceptors (Lipinski definition) is 4. The van der Waals surface area contributed by atoms with Crippen LogP contribution in [0.25, 0.3) is 0 Å². The van der Waals surface area contributed by atoms with E-state index in [9.17, 15) is 9.90 Å². The molecule has 5 nitrogen and oxygen atoms in total. The minimum absolute atomic E-state index is 0.0130. The molecule has 1 amide bonds. The Bertz CT molecular complexity index is 947. The monoisotopic (exact) mass is 450 g/mol. The average Bonchev–Trinajstić information content (AvgIpc) is 2.83. The van der Waals surface area contributed by atoms with Crippen LogP contribution in [0.15, 0.2) is 54.6 Å². The lowest BCUT2D eigenvalue weighted by Crippen LogP contribution is -2.61. The second-order valence-corrected chi connectivity index (χ2v) is 10.4. The molecule has 2 aliphatic rings. The van der Waals surface area contributed by atoms with Crippen molar-refractivity contribution in [3.63, 3.8) is 0 Å². The van der Waals surface area contributed by atoms with Gasteiger partial charge < -0.3 is 19.6 Å². The lowest BCUT2D eigenvalue weighted by Gasteiger charge is -2.56. The number of likely N-dealkylation sites (tertiary alicyclic amines) is 1. The third kappa shape index (κ3) is 4.80. The first-order chi connectivity index (χ1) is 15.8. The summed E-state index contributed by atoms with van der Waals surface area (Å²) in [6, 6.07) is 17.9. The van der Waals surface area contributed by atoms with Crippen LogP contribution in [0, 0.1) is 11.8 Å². The molecule has 1 aliphatic heterocycles. The van der Waals surface area contributed by atoms with E-state index in [2.05, 4.69) is 44.0 Å². The lowest BCUT2D eigenvalue weighted by atomic mass is 9.56. The Morgan fingerprint density at radius 2 is 1.97 bits per heavy atom. The number of amides is 1. The Balaban J connectivity index is 1.74. The summed E-state index contributed by atoms with van der Waals surface area (Å²) in [5.74, 6) is 1.38. The minimum Gasteiger partial charge on any atom is -0.497 e. The smallest absolute Gasteiger partial charge is 0.254 e. The molecule has 178 valence electrons. The number of nitrogens with zero attached hydrogens (tertiary/aromatic N) is 2. The van der Waals surface area contributed by atoms with Crippen molar-refractivity contribution in [3.8, 4) is 5.75 Å². The molecular formula is C28H38N2O3. The Morgan fingerprint density at radius 3 is 2.67 bits per heavy atom. The highest BCUT2D eigenvalue weighted by atomic mass is 16.5. The molecule has 0 radical (unpaired) electrons. The van der Waals surface area contributed by atoms with Crippen LogP contribution >= 0.6 is 0 Å². The van der Waals surface area contributed by atoms with Gasteiger partial charge in [0.25, 0.3) is 5.91 Å². The molecule has 1 heterocycles. The van der Waals surface area contributed by atoms with Gasteiger partial charge in [-0.25, -0.2) is 0 Å². The normalized spacial score (nSPS) is 27.8. The van der Waals surface area contributed by atoms with Gasteiger partial charge in [0.2, 0.25) is 0 Å². The standard InChI is InChI=1S/C28H38N2O3/c1-20(2)18-30(27(32)21-9-6-5-7-10-21)23-16-26(31)25-19-29(3)14-13-28(25,17-23)22-11-8-12-24(15-22)33-4/h5-12,15,20,23,25-26,31H,13-14,16-19H2,1-4H3/t23-,25+,26?,28+/m1/s1. The molecule has 1 saturated heterocycles. The summed E-state index contributed by atoms with van der Waals surface area (Å²) < 4.78 is 5.56. The first-order valence-electron chi connectivity index (χ1n) is 12.2. The molecule has 2 aromatic rings. The van der Waals surface area contributed by atoms with Crippen LogP contribution in [0.3, 0.4) is 0 Å². The van der Waals surface area contributed by atoms with Crippen molar-refractivity contribution in [1.29, 1.82) is 0 Å². The molecular weight excluding hydrogens is 412 g/mol. The zero-order chi connectivity index (χ0) is 23.6. The molecule has 1 unspecified atom stereocenters. The van der Waals surface area contributed by atoms with E-state index >= 15 is 0 Å². The van der Waals surface area contributed by atoms with Crippen molar-refractivity contribution in [2.24, 2.45) is 11.8 Å². The van der Waals surface area contributed by atoms with Gasteiger partial charge in [-0.15, -0.1) is 0 Å². The summed E-state index contributed by atoms with van der Waals surface area (Å²) in [5, 5.41) is 11.5. The first-order valence-corrected chi connectivity index (χ1v) is 12.2. The van der Waals surface area contributed by atoms with Gasteiger partial charge in [-0.2, -0.15) is 0 Å². The number of ether oxygens (including phenoxy) is 1. The number of carbonyl (C=O) groups excluding carboxylic acids is 1. The SMILES string of the molecule is COc1cccc([C@@]23CCN(C)C[C@H]2C(O)C[C@@H](N(CC(C)C)C(=O)c2ccccc2)C3)c1. The van der Waals surface area contributed by atoms with E-state index in [4.69, 9.17) is 4.74 Å². The highest BCUT2D eigenvalue weighted by molar-refractivity contribution is 5.94. The third-order valence-corrected chi connectivity index (χ3v) is 7.66. The number of fused-ring (bicyclic) bond motifs is 1. The summed E-state index contributed by atoms with van der Waals surface area (Å²) in [6.07, 6.45) is 1.98. The van der Waals surface area contributed by atoms with Crippen molar-refractivity contribution < 1.29 is 14.6 Å². The summed E-state index contributed by atoms with van der Waals surface area (Å²) in [4.78, 5) is 18.0. The largest absolute Gasteiger partial charge is 0.497 e. The second kappa shape index (κ2) is 9.86. The number of aliphatic hydroxyl groups excluding tert-OH is 1. The van der Waals surface area contributed by atoms with Gasteiger partial charge in [-0.05, 0) is 68.6 Å². The number of piperidine rings is 1. The van der Waals surface area contributed by atoms with E-state index in [1.807, 2.05) is 41.3 Å². The molecule has 1 saturated carbocycles. The molecule has 0 bridgehead atoms. The fraction of sp³-hybridized carbons (Fsp3) is 0.536. The van der Waals surface area contributed by atoms with Gasteiger partial charge in [0.1, 0.15) is 5.75 Å². The molecule has 1 N–H and O–H groups in total. The summed E-state index contributed by atoms with van der Waals surface area (Å²) >= 11 is 0. The fourth-order valence-electron chi connectivity index (χ4n) is 6.05. The Hall–Kier alpha value is -2.37. The number of carbonyl (C=O) groups is 1. The number of aliphatic hydroxyl groups is 1. The zero-order valence-electron chi connectivity index (χ0n) is 20.4. The summed E-state index contributed by atoms with van der Waals surface area (Å²) in [6.45, 7) is 6.83. The van der Waals surface area contributed by atoms with Crippen molar-refractivity contribution in [3.05, 3.63) is 65.7 Å². The predicted octanol–water partition coefficient (Wildman–Crippen LogP) is 4.21. The van der Waals surface area contributed by atoms with Crippen LogP contribution < -0.4 is 4.74 Å². The Morgan fingerprint density at radius 1 is 1.21 bits per heavy atom. The van der Waals surface area contributed by atoms with Gasteiger partial charge in [-0.3, -0.25) is 4.79 Å². The van der Waals surface area contributed by atoms with Crippen LogP contribution in [-0.4, -0.2) is 66.8 Å². The van der Waals surface area contributed by atoms with Gasteiger partial charge in [0.05, 0.1) is 13.2 Å². The number of methoxy groups -OCH3 is 1. The van der Waals surface area contributed by atoms with Crippen LogP contribution in [-0.2, 0) is 5.41 Å². The predicted molar refractivity (Wildman–Crippen MR) is 132 cm³/mol. The summed E-state index contributed by atoms with van der Waals surface area (Å²) in [5.41, 5.74) is 1.75. The molecule has 4 rings (SSSR count). The topological polar surface area (TPSA) is 53.0 Å².